The maximum Gasteiger partial charge on any atom is 0.143 e. The minimum absolute atomic E-state index is 0.205. The monoisotopic (exact) mass is 638 g/mol. The van der Waals surface area contributed by atoms with Gasteiger partial charge in [0.25, 0.3) is 0 Å². The molecule has 0 fully saturated rings. The molecule has 7 aromatic carbocycles. The molecule has 2 aliphatic rings. The Balaban J connectivity index is 1.18. The van der Waals surface area contributed by atoms with Crippen LogP contribution in [0.4, 0.5) is 0 Å². The number of hydrogen-bond acceptors (Lipinski definition) is 2. The molecule has 2 nitrogen and oxygen atoms in total. The molecule has 2 atom stereocenters. The van der Waals surface area contributed by atoms with E-state index in [1.807, 2.05) is 18.2 Å². The standard InChI is InChI=1S/C48H30O2/c1-2-14-33-29(11-1)23-26-40-45(32-13-9-12-30(27-32)31-24-25-36-34-15-5-7-21-42(34)49-44(36)28-31)37-17-3-4-18-38(37)47(46(33)40)41-20-10-19-39-35-16-6-8-22-43(35)50-48(39)41/h1-29,33H. The van der Waals surface area contributed by atoms with E-state index in [1.54, 1.807) is 0 Å². The molecule has 0 spiro atoms. The summed E-state index contributed by atoms with van der Waals surface area (Å²) >= 11 is 0. The van der Waals surface area contributed by atoms with E-state index in [2.05, 4.69) is 152 Å². The Morgan fingerprint density at radius 2 is 1.06 bits per heavy atom. The molecule has 0 amide bonds. The lowest BCUT2D eigenvalue weighted by Crippen LogP contribution is -2.16. The summed E-state index contributed by atoms with van der Waals surface area (Å²) in [5.41, 5.74) is 13.5. The number of furan rings is 2. The first-order chi connectivity index (χ1) is 24.8. The maximum atomic E-state index is 6.69. The van der Waals surface area contributed by atoms with Gasteiger partial charge in [-0.25, -0.2) is 0 Å². The minimum Gasteiger partial charge on any atom is -0.456 e. The molecular weight excluding hydrogens is 609 g/mol. The number of allylic oxidation sites excluding steroid dienone is 5. The van der Waals surface area contributed by atoms with Crippen LogP contribution in [-0.2, 0) is 0 Å². The van der Waals surface area contributed by atoms with Crippen molar-refractivity contribution in [1.82, 2.24) is 0 Å². The molecule has 0 saturated carbocycles. The van der Waals surface area contributed by atoms with Crippen molar-refractivity contribution in [3.63, 3.8) is 0 Å². The smallest absolute Gasteiger partial charge is 0.143 e. The lowest BCUT2D eigenvalue weighted by molar-refractivity contribution is 0.668. The van der Waals surface area contributed by atoms with Crippen LogP contribution in [0.3, 0.4) is 0 Å². The van der Waals surface area contributed by atoms with E-state index in [0.717, 1.165) is 60.6 Å². The summed E-state index contributed by atoms with van der Waals surface area (Å²) in [6.07, 6.45) is 13.9. The zero-order chi connectivity index (χ0) is 32.8. The lowest BCUT2D eigenvalue weighted by atomic mass is 9.70. The lowest BCUT2D eigenvalue weighted by Gasteiger charge is -2.32. The number of hydrogen-bond donors (Lipinski definition) is 0. The third-order valence-corrected chi connectivity index (χ3v) is 10.8. The summed E-state index contributed by atoms with van der Waals surface area (Å²) in [5.74, 6) is 0.494. The second kappa shape index (κ2) is 10.6. The first kappa shape index (κ1) is 27.6. The van der Waals surface area contributed by atoms with Crippen molar-refractivity contribution in [2.45, 2.75) is 5.92 Å². The van der Waals surface area contributed by atoms with Gasteiger partial charge in [0.2, 0.25) is 0 Å². The third-order valence-electron chi connectivity index (χ3n) is 10.8. The van der Waals surface area contributed by atoms with Crippen LogP contribution in [0.15, 0.2) is 173 Å². The molecule has 2 unspecified atom stereocenters. The average molecular weight is 639 g/mol. The molecular formula is C48H30O2. The van der Waals surface area contributed by atoms with Crippen molar-refractivity contribution in [2.24, 2.45) is 5.92 Å². The van der Waals surface area contributed by atoms with Gasteiger partial charge in [0.05, 0.1) is 0 Å². The molecule has 9 aromatic rings. The zero-order valence-corrected chi connectivity index (χ0v) is 27.1. The molecule has 2 heterocycles. The van der Waals surface area contributed by atoms with Crippen LogP contribution in [0, 0.1) is 5.92 Å². The van der Waals surface area contributed by atoms with Crippen LogP contribution in [-0.4, -0.2) is 0 Å². The van der Waals surface area contributed by atoms with Crippen LogP contribution >= 0.6 is 0 Å². The van der Waals surface area contributed by atoms with Gasteiger partial charge < -0.3 is 8.83 Å². The van der Waals surface area contributed by atoms with Crippen LogP contribution in [0.2, 0.25) is 0 Å². The van der Waals surface area contributed by atoms with Crippen LogP contribution in [0.1, 0.15) is 17.0 Å². The molecule has 0 bridgehead atoms. The first-order valence-electron chi connectivity index (χ1n) is 17.3. The number of fused-ring (bicyclic) bond motifs is 10. The van der Waals surface area contributed by atoms with E-state index < -0.39 is 0 Å². The second-order valence-electron chi connectivity index (χ2n) is 13.5. The normalized spacial score (nSPS) is 16.6. The highest BCUT2D eigenvalue weighted by molar-refractivity contribution is 6.16. The highest BCUT2D eigenvalue weighted by atomic mass is 16.3. The SMILES string of the molecule is C1=CC2C=Cc3c(c(-c4cccc5c4oc4ccccc45)c4ccccc4c3-c3cccc(-c4ccc5c(c4)oc4ccccc45)c3)C2C=C1. The summed E-state index contributed by atoms with van der Waals surface area (Å²) in [7, 11) is 0. The van der Waals surface area contributed by atoms with E-state index in [0.29, 0.717) is 0 Å². The fraction of sp³-hybridized carbons (Fsp3) is 0.0417. The van der Waals surface area contributed by atoms with Crippen LogP contribution in [0.5, 0.6) is 0 Å². The number of rotatable bonds is 3. The predicted molar refractivity (Wildman–Crippen MR) is 208 cm³/mol. The zero-order valence-electron chi connectivity index (χ0n) is 27.1. The molecule has 11 rings (SSSR count). The van der Waals surface area contributed by atoms with Crippen molar-refractivity contribution >= 4 is 60.7 Å². The Morgan fingerprint density at radius 3 is 1.92 bits per heavy atom. The Kier molecular flexibility index (Phi) is 5.82. The Bertz CT molecular complexity index is 2940. The Hall–Kier alpha value is -6.38. The summed E-state index contributed by atoms with van der Waals surface area (Å²) in [4.78, 5) is 0. The Labute approximate surface area is 288 Å². The molecule has 2 heteroatoms. The van der Waals surface area contributed by atoms with Crippen LogP contribution < -0.4 is 0 Å². The topological polar surface area (TPSA) is 26.3 Å². The van der Waals surface area contributed by atoms with Crippen molar-refractivity contribution in [3.05, 3.63) is 175 Å². The van der Waals surface area contributed by atoms with E-state index >= 15 is 0 Å². The molecule has 234 valence electrons. The van der Waals surface area contributed by atoms with E-state index in [4.69, 9.17) is 8.83 Å². The van der Waals surface area contributed by atoms with Crippen molar-refractivity contribution in [2.75, 3.05) is 0 Å². The van der Waals surface area contributed by atoms with Gasteiger partial charge in [-0.05, 0) is 80.0 Å². The number of benzene rings is 7. The van der Waals surface area contributed by atoms with E-state index in [1.165, 1.54) is 38.6 Å². The summed E-state index contributed by atoms with van der Waals surface area (Å²) in [5, 5.41) is 7.06. The molecule has 2 aromatic heterocycles. The van der Waals surface area contributed by atoms with E-state index in [9.17, 15) is 0 Å². The molecule has 0 N–H and O–H groups in total. The predicted octanol–water partition coefficient (Wildman–Crippen LogP) is 13.5. The summed E-state index contributed by atoms with van der Waals surface area (Å²) < 4.78 is 13.0. The Morgan fingerprint density at radius 1 is 0.420 bits per heavy atom. The second-order valence-corrected chi connectivity index (χ2v) is 13.5. The van der Waals surface area contributed by atoms with Crippen molar-refractivity contribution < 1.29 is 8.83 Å². The minimum atomic E-state index is 0.205. The van der Waals surface area contributed by atoms with Crippen LogP contribution in [0.25, 0.3) is 94.1 Å². The van der Waals surface area contributed by atoms with E-state index in [-0.39, 0.29) is 11.8 Å². The molecule has 0 saturated heterocycles. The van der Waals surface area contributed by atoms with Gasteiger partial charge in [0.15, 0.2) is 0 Å². The van der Waals surface area contributed by atoms with Gasteiger partial charge >= 0.3 is 0 Å². The fourth-order valence-corrected chi connectivity index (χ4v) is 8.61. The number of para-hydroxylation sites is 3. The summed E-state index contributed by atoms with van der Waals surface area (Å²) in [6.45, 7) is 0. The highest BCUT2D eigenvalue weighted by Gasteiger charge is 2.32. The fourth-order valence-electron chi connectivity index (χ4n) is 8.61. The van der Waals surface area contributed by atoms with Crippen molar-refractivity contribution in [3.8, 4) is 33.4 Å². The molecule has 2 aliphatic carbocycles. The van der Waals surface area contributed by atoms with Gasteiger partial charge in [-0.15, -0.1) is 0 Å². The van der Waals surface area contributed by atoms with Crippen molar-refractivity contribution in [1.29, 1.82) is 0 Å². The van der Waals surface area contributed by atoms with Gasteiger partial charge in [-0.2, -0.15) is 0 Å². The van der Waals surface area contributed by atoms with Gasteiger partial charge in [0.1, 0.15) is 22.3 Å². The summed E-state index contributed by atoms with van der Waals surface area (Å²) in [6, 6.07) is 47.8. The molecule has 0 radical (unpaired) electrons. The largest absolute Gasteiger partial charge is 0.456 e. The maximum absolute atomic E-state index is 6.69. The van der Waals surface area contributed by atoms with Gasteiger partial charge in [0, 0.05) is 38.9 Å². The average Bonchev–Trinajstić information content (AvgIpc) is 3.75. The first-order valence-corrected chi connectivity index (χ1v) is 17.3. The molecule has 50 heavy (non-hydrogen) atoms. The highest BCUT2D eigenvalue weighted by Crippen LogP contribution is 2.52. The van der Waals surface area contributed by atoms with Gasteiger partial charge in [-0.3, -0.25) is 0 Å². The third kappa shape index (κ3) is 3.96. The quantitative estimate of drug-likeness (QED) is 0.192. The molecule has 0 aliphatic heterocycles. The van der Waals surface area contributed by atoms with Gasteiger partial charge in [-0.1, -0.05) is 140 Å².